The Morgan fingerprint density at radius 2 is 1.40 bits per heavy atom. The molecule has 0 aromatic heterocycles. The van der Waals surface area contributed by atoms with Gasteiger partial charge in [-0.05, 0) is 56.9 Å². The van der Waals surface area contributed by atoms with Gasteiger partial charge in [0.25, 0.3) is 0 Å². The number of rotatable bonds is 6. The van der Waals surface area contributed by atoms with Crippen LogP contribution in [0.25, 0.3) is 0 Å². The van der Waals surface area contributed by atoms with Crippen molar-refractivity contribution in [2.45, 2.75) is 59.2 Å². The van der Waals surface area contributed by atoms with Crippen LogP contribution in [0.4, 0.5) is 0 Å². The number of hydrogen-bond acceptors (Lipinski definition) is 2. The van der Waals surface area contributed by atoms with Gasteiger partial charge in [-0.15, -0.1) is 0 Å². The molecule has 0 aliphatic carbocycles. The molecule has 0 saturated carbocycles. The van der Waals surface area contributed by atoms with Gasteiger partial charge in [0.15, 0.2) is 0 Å². The van der Waals surface area contributed by atoms with E-state index in [1.807, 2.05) is 0 Å². The predicted octanol–water partition coefficient (Wildman–Crippen LogP) is 6.94. The second-order valence-corrected chi connectivity index (χ2v) is 8.81. The van der Waals surface area contributed by atoms with Crippen LogP contribution in [0.5, 0.6) is 0 Å². The first-order chi connectivity index (χ1) is 11.7. The lowest BCUT2D eigenvalue weighted by Gasteiger charge is -2.44. The van der Waals surface area contributed by atoms with Crippen LogP contribution in [-0.2, 0) is 4.84 Å². The minimum absolute atomic E-state index is 0.0164. The molecule has 0 bridgehead atoms. The van der Waals surface area contributed by atoms with E-state index in [2.05, 4.69) is 117 Å². The smallest absolute Gasteiger partial charge is 0.102 e. The molecule has 0 heterocycles. The SMILES string of the molecule is CC(C)[C@H](c1ccccc1)N(O[C@@H](C)c1ccc(Br)cc1)C(C)(C)C. The van der Waals surface area contributed by atoms with Gasteiger partial charge in [0, 0.05) is 10.0 Å². The van der Waals surface area contributed by atoms with Crippen molar-refractivity contribution >= 4 is 15.9 Å². The van der Waals surface area contributed by atoms with Crippen LogP contribution >= 0.6 is 15.9 Å². The van der Waals surface area contributed by atoms with Crippen LogP contribution in [0.3, 0.4) is 0 Å². The zero-order valence-corrected chi connectivity index (χ0v) is 17.7. The quantitative estimate of drug-likeness (QED) is 0.484. The Labute approximate surface area is 161 Å². The molecule has 0 N–H and O–H groups in total. The van der Waals surface area contributed by atoms with E-state index in [1.165, 1.54) is 11.1 Å². The van der Waals surface area contributed by atoms with Crippen LogP contribution in [0.2, 0.25) is 0 Å². The van der Waals surface area contributed by atoms with Gasteiger partial charge < -0.3 is 0 Å². The summed E-state index contributed by atoms with van der Waals surface area (Å²) in [5.74, 6) is 0.429. The molecule has 0 aliphatic rings. The molecule has 2 atom stereocenters. The third kappa shape index (κ3) is 5.40. The molecule has 0 fully saturated rings. The van der Waals surface area contributed by atoms with E-state index in [0.29, 0.717) is 5.92 Å². The fraction of sp³-hybridized carbons (Fsp3) is 0.455. The van der Waals surface area contributed by atoms with E-state index >= 15 is 0 Å². The van der Waals surface area contributed by atoms with Crippen molar-refractivity contribution in [3.63, 3.8) is 0 Å². The molecule has 2 rings (SSSR count). The molecule has 2 aromatic carbocycles. The molecule has 0 radical (unpaired) electrons. The van der Waals surface area contributed by atoms with Crippen LogP contribution in [0, 0.1) is 5.92 Å². The summed E-state index contributed by atoms with van der Waals surface area (Å²) in [7, 11) is 0. The average molecular weight is 404 g/mol. The number of nitrogens with zero attached hydrogens (tertiary/aromatic N) is 1. The molecule has 2 nitrogen and oxygen atoms in total. The Hall–Kier alpha value is -1.16. The Morgan fingerprint density at radius 3 is 1.88 bits per heavy atom. The van der Waals surface area contributed by atoms with E-state index in [4.69, 9.17) is 4.84 Å². The molecule has 0 saturated heterocycles. The van der Waals surface area contributed by atoms with Gasteiger partial charge in [0.1, 0.15) is 6.10 Å². The lowest BCUT2D eigenvalue weighted by Crippen LogP contribution is -2.46. The van der Waals surface area contributed by atoms with Crippen LogP contribution < -0.4 is 0 Å². The summed E-state index contributed by atoms with van der Waals surface area (Å²) in [6.45, 7) is 13.2. The monoisotopic (exact) mass is 403 g/mol. The highest BCUT2D eigenvalue weighted by atomic mass is 79.9. The van der Waals surface area contributed by atoms with Gasteiger partial charge in [-0.3, -0.25) is 4.84 Å². The van der Waals surface area contributed by atoms with Crippen LogP contribution in [-0.4, -0.2) is 10.6 Å². The molecular formula is C22H30BrNO. The van der Waals surface area contributed by atoms with Crippen molar-refractivity contribution in [2.24, 2.45) is 5.92 Å². The third-order valence-corrected chi connectivity index (χ3v) is 4.83. The van der Waals surface area contributed by atoms with Crippen molar-refractivity contribution in [3.8, 4) is 0 Å². The zero-order valence-electron chi connectivity index (χ0n) is 16.2. The second kappa shape index (κ2) is 8.48. The number of hydroxylamine groups is 2. The summed E-state index contributed by atoms with van der Waals surface area (Å²) >= 11 is 3.50. The van der Waals surface area contributed by atoms with Crippen LogP contribution in [0.15, 0.2) is 59.1 Å². The molecule has 0 unspecified atom stereocenters. The minimum Gasteiger partial charge on any atom is -0.290 e. The number of hydrogen-bond donors (Lipinski definition) is 0. The highest BCUT2D eigenvalue weighted by Crippen LogP contribution is 2.37. The largest absolute Gasteiger partial charge is 0.290 e. The fourth-order valence-electron chi connectivity index (χ4n) is 3.05. The zero-order chi connectivity index (χ0) is 18.6. The normalized spacial score (nSPS) is 14.8. The topological polar surface area (TPSA) is 12.5 Å². The Bertz CT molecular complexity index is 646. The fourth-order valence-corrected chi connectivity index (χ4v) is 3.31. The van der Waals surface area contributed by atoms with E-state index < -0.39 is 0 Å². The van der Waals surface area contributed by atoms with Crippen molar-refractivity contribution in [1.29, 1.82) is 0 Å². The second-order valence-electron chi connectivity index (χ2n) is 7.90. The molecule has 3 heteroatoms. The summed E-state index contributed by atoms with van der Waals surface area (Å²) < 4.78 is 1.08. The summed E-state index contributed by atoms with van der Waals surface area (Å²) in [6.07, 6.45) is -0.0164. The van der Waals surface area contributed by atoms with Crippen molar-refractivity contribution in [2.75, 3.05) is 0 Å². The lowest BCUT2D eigenvalue weighted by molar-refractivity contribution is -0.272. The Morgan fingerprint density at radius 1 is 0.840 bits per heavy atom. The predicted molar refractivity (Wildman–Crippen MR) is 109 cm³/mol. The maximum absolute atomic E-state index is 6.54. The van der Waals surface area contributed by atoms with Gasteiger partial charge in [-0.2, -0.15) is 5.06 Å². The Balaban J connectivity index is 2.33. The first kappa shape index (κ1) is 20.2. The minimum atomic E-state index is -0.117. The van der Waals surface area contributed by atoms with Gasteiger partial charge >= 0.3 is 0 Å². The van der Waals surface area contributed by atoms with Crippen molar-refractivity contribution < 1.29 is 4.84 Å². The highest BCUT2D eigenvalue weighted by Gasteiger charge is 2.34. The van der Waals surface area contributed by atoms with Crippen molar-refractivity contribution in [3.05, 3.63) is 70.2 Å². The van der Waals surface area contributed by atoms with E-state index in [1.54, 1.807) is 0 Å². The molecule has 0 amide bonds. The third-order valence-electron chi connectivity index (χ3n) is 4.30. The summed E-state index contributed by atoms with van der Waals surface area (Å²) in [4.78, 5) is 6.54. The lowest BCUT2D eigenvalue weighted by atomic mass is 9.92. The standard InChI is InChI=1S/C22H30BrNO/c1-16(2)21(19-10-8-7-9-11-19)24(22(4,5)6)25-17(3)18-12-14-20(23)15-13-18/h7-17,21H,1-6H3/t17-,21+/m0/s1. The number of halogens is 1. The molecule has 0 spiro atoms. The van der Waals surface area contributed by atoms with E-state index in [-0.39, 0.29) is 17.7 Å². The first-order valence-corrected chi connectivity index (χ1v) is 9.76. The molecule has 136 valence electrons. The Kier molecular flexibility index (Phi) is 6.84. The van der Waals surface area contributed by atoms with Gasteiger partial charge in [-0.25, -0.2) is 0 Å². The van der Waals surface area contributed by atoms with Gasteiger partial charge in [0.2, 0.25) is 0 Å². The molecular weight excluding hydrogens is 374 g/mol. The van der Waals surface area contributed by atoms with Crippen LogP contribution in [0.1, 0.15) is 64.8 Å². The highest BCUT2D eigenvalue weighted by molar-refractivity contribution is 9.10. The summed E-state index contributed by atoms with van der Waals surface area (Å²) in [5, 5.41) is 2.18. The average Bonchev–Trinajstić information content (AvgIpc) is 2.54. The maximum atomic E-state index is 6.54. The van der Waals surface area contributed by atoms with E-state index in [9.17, 15) is 0 Å². The van der Waals surface area contributed by atoms with Crippen molar-refractivity contribution in [1.82, 2.24) is 5.06 Å². The van der Waals surface area contributed by atoms with Gasteiger partial charge in [0.05, 0.1) is 6.04 Å². The maximum Gasteiger partial charge on any atom is 0.102 e. The molecule has 0 aliphatic heterocycles. The van der Waals surface area contributed by atoms with E-state index in [0.717, 1.165) is 4.47 Å². The molecule has 25 heavy (non-hydrogen) atoms. The first-order valence-electron chi connectivity index (χ1n) is 8.96. The summed E-state index contributed by atoms with van der Waals surface area (Å²) in [6, 6.07) is 19.2. The van der Waals surface area contributed by atoms with Gasteiger partial charge in [-0.1, -0.05) is 72.2 Å². The number of benzene rings is 2. The summed E-state index contributed by atoms with van der Waals surface area (Å²) in [5.41, 5.74) is 2.34. The molecule has 2 aromatic rings.